The Labute approximate surface area is 124 Å². The Bertz CT molecular complexity index is 758. The molecule has 0 unspecified atom stereocenters. The van der Waals surface area contributed by atoms with Crippen molar-refractivity contribution in [2.75, 3.05) is 7.11 Å². The monoisotopic (exact) mass is 310 g/mol. The summed E-state index contributed by atoms with van der Waals surface area (Å²) in [5, 5.41) is 3.86. The standard InChI is InChI=1S/C14H12ClFN2O3/c1-3-8-7-18(9-4-5-11(16)10(15)6-9)17-12(13(8)19)14(20)21-2/h4-7H,3H2,1-2H3. The third kappa shape index (κ3) is 2.95. The average Bonchev–Trinajstić information content (AvgIpc) is 2.49. The van der Waals surface area contributed by atoms with Crippen LogP contribution in [0.25, 0.3) is 5.69 Å². The van der Waals surface area contributed by atoms with Gasteiger partial charge in [-0.05, 0) is 24.6 Å². The van der Waals surface area contributed by atoms with Gasteiger partial charge in [0, 0.05) is 11.8 Å². The van der Waals surface area contributed by atoms with Crippen LogP contribution in [0.5, 0.6) is 0 Å². The third-order valence-corrected chi connectivity index (χ3v) is 3.21. The van der Waals surface area contributed by atoms with E-state index in [4.69, 9.17) is 11.6 Å². The number of rotatable bonds is 3. The van der Waals surface area contributed by atoms with Crippen molar-refractivity contribution in [1.29, 1.82) is 0 Å². The van der Waals surface area contributed by atoms with Gasteiger partial charge in [-0.2, -0.15) is 5.10 Å². The summed E-state index contributed by atoms with van der Waals surface area (Å²) < 4.78 is 19.1. The maximum absolute atomic E-state index is 13.2. The quantitative estimate of drug-likeness (QED) is 0.817. The fourth-order valence-electron chi connectivity index (χ4n) is 1.78. The number of esters is 1. The maximum atomic E-state index is 13.2. The highest BCUT2D eigenvalue weighted by molar-refractivity contribution is 6.30. The molecule has 1 aromatic carbocycles. The molecule has 0 amide bonds. The Morgan fingerprint density at radius 1 is 1.48 bits per heavy atom. The number of carbonyl (C=O) groups is 1. The summed E-state index contributed by atoms with van der Waals surface area (Å²) in [5.41, 5.74) is 0.0261. The highest BCUT2D eigenvalue weighted by Gasteiger charge is 2.17. The van der Waals surface area contributed by atoms with Gasteiger partial charge in [0.1, 0.15) is 5.82 Å². The molecule has 21 heavy (non-hydrogen) atoms. The molecule has 0 aliphatic rings. The molecule has 0 bridgehead atoms. The van der Waals surface area contributed by atoms with Gasteiger partial charge in [-0.1, -0.05) is 18.5 Å². The summed E-state index contributed by atoms with van der Waals surface area (Å²) in [4.78, 5) is 23.7. The molecular formula is C14H12ClFN2O3. The predicted molar refractivity (Wildman–Crippen MR) is 75.5 cm³/mol. The molecule has 0 saturated heterocycles. The summed E-state index contributed by atoms with van der Waals surface area (Å²) in [6, 6.07) is 3.98. The highest BCUT2D eigenvalue weighted by atomic mass is 35.5. The van der Waals surface area contributed by atoms with E-state index in [0.717, 1.165) is 0 Å². The first-order valence-corrected chi connectivity index (χ1v) is 6.52. The number of nitrogens with zero attached hydrogens (tertiary/aromatic N) is 2. The van der Waals surface area contributed by atoms with Gasteiger partial charge in [-0.15, -0.1) is 0 Å². The van der Waals surface area contributed by atoms with Crippen molar-refractivity contribution in [3.63, 3.8) is 0 Å². The topological polar surface area (TPSA) is 61.2 Å². The molecule has 0 aliphatic carbocycles. The molecular weight excluding hydrogens is 299 g/mol. The zero-order valence-corrected chi connectivity index (χ0v) is 12.1. The van der Waals surface area contributed by atoms with Crippen molar-refractivity contribution < 1.29 is 13.9 Å². The van der Waals surface area contributed by atoms with Crippen molar-refractivity contribution in [2.24, 2.45) is 0 Å². The predicted octanol–water partition coefficient (Wildman–Crippen LogP) is 2.37. The van der Waals surface area contributed by atoms with Crippen LogP contribution in [0.4, 0.5) is 4.39 Å². The van der Waals surface area contributed by atoms with Crippen LogP contribution in [0, 0.1) is 5.82 Å². The van der Waals surface area contributed by atoms with Crippen molar-refractivity contribution in [2.45, 2.75) is 13.3 Å². The zero-order chi connectivity index (χ0) is 15.6. The molecule has 0 atom stereocenters. The van der Waals surface area contributed by atoms with Gasteiger partial charge in [0.05, 0.1) is 17.8 Å². The molecule has 2 rings (SSSR count). The van der Waals surface area contributed by atoms with E-state index >= 15 is 0 Å². The van der Waals surface area contributed by atoms with E-state index < -0.39 is 17.2 Å². The van der Waals surface area contributed by atoms with Gasteiger partial charge >= 0.3 is 5.97 Å². The normalized spacial score (nSPS) is 10.5. The first kappa shape index (κ1) is 15.2. The Morgan fingerprint density at radius 3 is 2.76 bits per heavy atom. The van der Waals surface area contributed by atoms with Crippen molar-refractivity contribution in [3.05, 3.63) is 56.7 Å². The molecule has 7 heteroatoms. The van der Waals surface area contributed by atoms with Gasteiger partial charge in [-0.25, -0.2) is 13.9 Å². The Balaban J connectivity index is 2.66. The maximum Gasteiger partial charge on any atom is 0.362 e. The lowest BCUT2D eigenvalue weighted by molar-refractivity contribution is 0.0590. The van der Waals surface area contributed by atoms with E-state index in [9.17, 15) is 14.0 Å². The van der Waals surface area contributed by atoms with Crippen LogP contribution in [0.15, 0.2) is 29.2 Å². The molecule has 0 fully saturated rings. The number of benzene rings is 1. The highest BCUT2D eigenvalue weighted by Crippen LogP contribution is 2.18. The molecule has 0 saturated carbocycles. The lowest BCUT2D eigenvalue weighted by atomic mass is 10.2. The van der Waals surface area contributed by atoms with Crippen LogP contribution in [-0.2, 0) is 11.2 Å². The molecule has 1 aromatic heterocycles. The second kappa shape index (κ2) is 6.05. The summed E-state index contributed by atoms with van der Waals surface area (Å²) in [5.74, 6) is -1.39. The van der Waals surface area contributed by atoms with Crippen molar-refractivity contribution in [3.8, 4) is 5.69 Å². The van der Waals surface area contributed by atoms with E-state index in [2.05, 4.69) is 9.84 Å². The first-order chi connectivity index (χ1) is 9.97. The van der Waals surface area contributed by atoms with Gasteiger partial charge < -0.3 is 4.74 Å². The number of aryl methyl sites for hydroxylation is 1. The van der Waals surface area contributed by atoms with E-state index in [0.29, 0.717) is 17.7 Å². The summed E-state index contributed by atoms with van der Waals surface area (Å²) in [6.45, 7) is 1.78. The number of methoxy groups -OCH3 is 1. The van der Waals surface area contributed by atoms with Crippen LogP contribution in [0.3, 0.4) is 0 Å². The minimum Gasteiger partial charge on any atom is -0.464 e. The minimum atomic E-state index is -0.822. The van der Waals surface area contributed by atoms with Gasteiger partial charge in [0.15, 0.2) is 0 Å². The lowest BCUT2D eigenvalue weighted by Gasteiger charge is -2.10. The summed E-state index contributed by atoms with van der Waals surface area (Å²) >= 11 is 5.73. The second-order valence-electron chi connectivity index (χ2n) is 4.22. The van der Waals surface area contributed by atoms with Gasteiger partial charge in [0.2, 0.25) is 11.1 Å². The second-order valence-corrected chi connectivity index (χ2v) is 4.63. The average molecular weight is 311 g/mol. The number of hydrogen-bond acceptors (Lipinski definition) is 4. The minimum absolute atomic E-state index is 0.0781. The number of hydrogen-bond donors (Lipinski definition) is 0. The molecule has 5 nitrogen and oxygen atoms in total. The molecule has 2 aromatic rings. The Morgan fingerprint density at radius 2 is 2.19 bits per heavy atom. The Hall–Kier alpha value is -2.21. The number of carbonyl (C=O) groups excluding carboxylic acids is 1. The number of aromatic nitrogens is 2. The van der Waals surface area contributed by atoms with E-state index in [1.807, 2.05) is 0 Å². The van der Waals surface area contributed by atoms with Crippen LogP contribution < -0.4 is 5.43 Å². The molecule has 0 N–H and O–H groups in total. The SMILES string of the molecule is CCc1cn(-c2ccc(F)c(Cl)c2)nc(C(=O)OC)c1=O. The molecule has 0 radical (unpaired) electrons. The first-order valence-electron chi connectivity index (χ1n) is 6.14. The van der Waals surface area contributed by atoms with Crippen LogP contribution in [0.2, 0.25) is 5.02 Å². The molecule has 110 valence electrons. The van der Waals surface area contributed by atoms with Crippen molar-refractivity contribution >= 4 is 17.6 Å². The van der Waals surface area contributed by atoms with Crippen molar-refractivity contribution in [1.82, 2.24) is 9.78 Å². The summed E-state index contributed by atoms with van der Waals surface area (Å²) in [7, 11) is 1.17. The molecule has 0 spiro atoms. The van der Waals surface area contributed by atoms with Crippen LogP contribution in [0.1, 0.15) is 23.0 Å². The van der Waals surface area contributed by atoms with E-state index in [-0.39, 0.29) is 10.7 Å². The smallest absolute Gasteiger partial charge is 0.362 e. The van der Waals surface area contributed by atoms with Crippen LogP contribution in [-0.4, -0.2) is 22.9 Å². The van der Waals surface area contributed by atoms with Gasteiger partial charge in [-0.3, -0.25) is 4.79 Å². The fourth-order valence-corrected chi connectivity index (χ4v) is 1.96. The molecule has 0 aliphatic heterocycles. The fraction of sp³-hybridized carbons (Fsp3) is 0.214. The van der Waals surface area contributed by atoms with Gasteiger partial charge in [0.25, 0.3) is 0 Å². The molecule has 1 heterocycles. The zero-order valence-electron chi connectivity index (χ0n) is 11.4. The largest absolute Gasteiger partial charge is 0.464 e. The van der Waals surface area contributed by atoms with E-state index in [1.165, 1.54) is 36.2 Å². The third-order valence-electron chi connectivity index (χ3n) is 2.92. The Kier molecular flexibility index (Phi) is 4.37. The number of halogens is 2. The number of ether oxygens (including phenoxy) is 1. The van der Waals surface area contributed by atoms with Crippen LogP contribution >= 0.6 is 11.6 Å². The van der Waals surface area contributed by atoms with E-state index in [1.54, 1.807) is 6.92 Å². The lowest BCUT2D eigenvalue weighted by Crippen LogP contribution is -2.25. The summed E-state index contributed by atoms with van der Waals surface area (Å²) in [6.07, 6.45) is 1.90.